The Kier molecular flexibility index (Phi) is 7.14. The quantitative estimate of drug-likeness (QED) is 0.617. The van der Waals surface area contributed by atoms with Crippen LogP contribution in [-0.4, -0.2) is 64.2 Å². The molecule has 2 N–H and O–H groups in total. The first kappa shape index (κ1) is 19.1. The van der Waals surface area contributed by atoms with Gasteiger partial charge in [0, 0.05) is 32.8 Å². The van der Waals surface area contributed by atoms with Crippen LogP contribution in [0.5, 0.6) is 0 Å². The summed E-state index contributed by atoms with van der Waals surface area (Å²) in [5.74, 6) is -1.37. The van der Waals surface area contributed by atoms with E-state index >= 15 is 0 Å². The second-order valence-corrected chi connectivity index (χ2v) is 6.55. The van der Waals surface area contributed by atoms with Crippen molar-refractivity contribution in [3.05, 3.63) is 29.8 Å². The summed E-state index contributed by atoms with van der Waals surface area (Å²) in [5.41, 5.74) is 0.286. The van der Waals surface area contributed by atoms with Crippen molar-refractivity contribution < 1.29 is 27.9 Å². The summed E-state index contributed by atoms with van der Waals surface area (Å²) in [7, 11) is -0.693. The number of aliphatic carboxylic acids is 1. The minimum atomic E-state index is -3.65. The summed E-state index contributed by atoms with van der Waals surface area (Å²) in [6.45, 7) is 0.481. The monoisotopic (exact) mass is 344 g/mol. The van der Waals surface area contributed by atoms with Gasteiger partial charge in [-0.05, 0) is 24.3 Å². The number of sulfonamides is 1. The number of amides is 1. The maximum Gasteiger partial charge on any atom is 0.305 e. The lowest BCUT2D eigenvalue weighted by atomic mass is 10.2. The van der Waals surface area contributed by atoms with E-state index in [0.29, 0.717) is 0 Å². The Morgan fingerprint density at radius 2 is 1.87 bits per heavy atom. The fourth-order valence-corrected chi connectivity index (χ4v) is 2.74. The molecule has 1 amide bonds. The molecule has 0 aliphatic rings. The topological polar surface area (TPSA) is 113 Å². The summed E-state index contributed by atoms with van der Waals surface area (Å²) in [5, 5.41) is 8.61. The van der Waals surface area contributed by atoms with Crippen LogP contribution in [0, 0.1) is 0 Å². The largest absolute Gasteiger partial charge is 0.481 e. The minimum Gasteiger partial charge on any atom is -0.481 e. The second kappa shape index (κ2) is 8.61. The van der Waals surface area contributed by atoms with Gasteiger partial charge in [-0.3, -0.25) is 9.59 Å². The van der Waals surface area contributed by atoms with Crippen LogP contribution in [0.3, 0.4) is 0 Å². The highest BCUT2D eigenvalue weighted by Gasteiger charge is 2.16. The molecule has 0 saturated carbocycles. The summed E-state index contributed by atoms with van der Waals surface area (Å²) in [4.78, 5) is 23.9. The Balaban J connectivity index is 2.75. The maximum absolute atomic E-state index is 12.1. The number of carboxylic acid groups (broad SMARTS) is 1. The summed E-state index contributed by atoms with van der Waals surface area (Å²) in [6, 6.07) is 5.44. The van der Waals surface area contributed by atoms with Crippen LogP contribution in [0.1, 0.15) is 16.8 Å². The van der Waals surface area contributed by atoms with Crippen molar-refractivity contribution in [2.75, 3.05) is 33.9 Å². The third-order valence-electron chi connectivity index (χ3n) is 3.02. The molecule has 23 heavy (non-hydrogen) atoms. The van der Waals surface area contributed by atoms with E-state index in [1.165, 1.54) is 43.3 Å². The third-order valence-corrected chi connectivity index (χ3v) is 4.49. The highest BCUT2D eigenvalue weighted by Crippen LogP contribution is 2.12. The van der Waals surface area contributed by atoms with Gasteiger partial charge in [0.1, 0.15) is 0 Å². The zero-order valence-electron chi connectivity index (χ0n) is 13.0. The number of ether oxygens (including phenoxy) is 1. The van der Waals surface area contributed by atoms with Crippen molar-refractivity contribution in [3.8, 4) is 0 Å². The van der Waals surface area contributed by atoms with Crippen LogP contribution in [0.25, 0.3) is 0 Å². The molecule has 8 nitrogen and oxygen atoms in total. The van der Waals surface area contributed by atoms with Crippen LogP contribution in [0.2, 0.25) is 0 Å². The number of carboxylic acids is 1. The SMILES string of the molecule is COCCNS(=O)(=O)c1ccc(C(=O)N(C)CCC(=O)O)cc1. The van der Waals surface area contributed by atoms with E-state index in [4.69, 9.17) is 9.84 Å². The molecular formula is C14H20N2O6S. The standard InChI is InChI=1S/C14H20N2O6S/c1-16(9-7-13(17)18)14(19)11-3-5-12(6-4-11)23(20,21)15-8-10-22-2/h3-6,15H,7-10H2,1-2H3,(H,17,18). The van der Waals surface area contributed by atoms with E-state index in [0.717, 1.165) is 0 Å². The molecule has 0 fully saturated rings. The lowest BCUT2D eigenvalue weighted by Gasteiger charge is -2.16. The normalized spacial score (nSPS) is 11.2. The van der Waals surface area contributed by atoms with E-state index in [9.17, 15) is 18.0 Å². The van der Waals surface area contributed by atoms with Gasteiger partial charge < -0.3 is 14.7 Å². The molecule has 1 aromatic carbocycles. The Labute approximate surface area is 135 Å². The van der Waals surface area contributed by atoms with Crippen LogP contribution in [0.15, 0.2) is 29.2 Å². The molecule has 0 unspecified atom stereocenters. The van der Waals surface area contributed by atoms with Crippen molar-refractivity contribution in [2.24, 2.45) is 0 Å². The highest BCUT2D eigenvalue weighted by atomic mass is 32.2. The molecule has 0 aliphatic heterocycles. The first-order valence-corrected chi connectivity index (χ1v) is 8.32. The van der Waals surface area contributed by atoms with Crippen LogP contribution >= 0.6 is 0 Å². The average molecular weight is 344 g/mol. The molecule has 9 heteroatoms. The van der Waals surface area contributed by atoms with E-state index in [-0.39, 0.29) is 42.5 Å². The fourth-order valence-electron chi connectivity index (χ4n) is 1.72. The number of rotatable bonds is 9. The van der Waals surface area contributed by atoms with Crippen LogP contribution in [-0.2, 0) is 19.6 Å². The number of hydrogen-bond donors (Lipinski definition) is 2. The van der Waals surface area contributed by atoms with Gasteiger partial charge in [0.05, 0.1) is 17.9 Å². The Bertz CT molecular complexity index is 642. The van der Waals surface area contributed by atoms with E-state index in [1.807, 2.05) is 0 Å². The van der Waals surface area contributed by atoms with Crippen molar-refractivity contribution in [1.29, 1.82) is 0 Å². The molecular weight excluding hydrogens is 324 g/mol. The number of nitrogens with zero attached hydrogens (tertiary/aromatic N) is 1. The van der Waals surface area contributed by atoms with Gasteiger partial charge in [0.15, 0.2) is 0 Å². The number of hydrogen-bond acceptors (Lipinski definition) is 5. The first-order chi connectivity index (χ1) is 10.8. The van der Waals surface area contributed by atoms with Crippen molar-refractivity contribution >= 4 is 21.9 Å². The van der Waals surface area contributed by atoms with Crippen molar-refractivity contribution in [1.82, 2.24) is 9.62 Å². The molecule has 0 atom stereocenters. The van der Waals surface area contributed by atoms with Crippen molar-refractivity contribution in [3.63, 3.8) is 0 Å². The van der Waals surface area contributed by atoms with E-state index in [2.05, 4.69) is 4.72 Å². The van der Waals surface area contributed by atoms with Gasteiger partial charge in [-0.2, -0.15) is 0 Å². The maximum atomic E-state index is 12.1. The molecule has 0 aliphatic carbocycles. The predicted molar refractivity (Wildman–Crippen MR) is 82.7 cm³/mol. The molecule has 0 radical (unpaired) electrons. The molecule has 0 bridgehead atoms. The van der Waals surface area contributed by atoms with Gasteiger partial charge in [-0.1, -0.05) is 0 Å². The van der Waals surface area contributed by atoms with Gasteiger partial charge in [0.25, 0.3) is 5.91 Å². The van der Waals surface area contributed by atoms with Crippen molar-refractivity contribution in [2.45, 2.75) is 11.3 Å². The second-order valence-electron chi connectivity index (χ2n) is 4.79. The molecule has 128 valence electrons. The number of methoxy groups -OCH3 is 1. The summed E-state index contributed by atoms with van der Waals surface area (Å²) in [6.07, 6.45) is -0.155. The fraction of sp³-hybridized carbons (Fsp3) is 0.429. The smallest absolute Gasteiger partial charge is 0.305 e. The molecule has 0 spiro atoms. The van der Waals surface area contributed by atoms with Gasteiger partial charge in [-0.25, -0.2) is 13.1 Å². The van der Waals surface area contributed by atoms with Crippen LogP contribution < -0.4 is 4.72 Å². The van der Waals surface area contributed by atoms with E-state index < -0.39 is 16.0 Å². The summed E-state index contributed by atoms with van der Waals surface area (Å²) < 4.78 is 31.1. The van der Waals surface area contributed by atoms with Gasteiger partial charge in [-0.15, -0.1) is 0 Å². The first-order valence-electron chi connectivity index (χ1n) is 6.84. The average Bonchev–Trinajstić information content (AvgIpc) is 2.52. The molecule has 1 aromatic rings. The number of nitrogens with one attached hydrogen (secondary N) is 1. The minimum absolute atomic E-state index is 0.0401. The number of benzene rings is 1. The molecule has 0 heterocycles. The zero-order valence-corrected chi connectivity index (χ0v) is 13.8. The Morgan fingerprint density at radius 3 is 2.39 bits per heavy atom. The molecule has 0 saturated heterocycles. The highest BCUT2D eigenvalue weighted by molar-refractivity contribution is 7.89. The number of carbonyl (C=O) groups excluding carboxylic acids is 1. The Hall–Kier alpha value is -1.97. The zero-order chi connectivity index (χ0) is 17.5. The number of carbonyl (C=O) groups is 2. The lowest BCUT2D eigenvalue weighted by molar-refractivity contribution is -0.137. The Morgan fingerprint density at radius 1 is 1.26 bits per heavy atom. The van der Waals surface area contributed by atoms with E-state index in [1.54, 1.807) is 0 Å². The van der Waals surface area contributed by atoms with Gasteiger partial charge in [0.2, 0.25) is 10.0 Å². The van der Waals surface area contributed by atoms with Gasteiger partial charge >= 0.3 is 5.97 Å². The summed E-state index contributed by atoms with van der Waals surface area (Å²) >= 11 is 0. The third kappa shape index (κ3) is 5.97. The molecule has 0 aromatic heterocycles. The molecule has 1 rings (SSSR count). The lowest BCUT2D eigenvalue weighted by Crippen LogP contribution is -2.29. The predicted octanol–water partition coefficient (Wildman–Crippen LogP) is 0.158. The van der Waals surface area contributed by atoms with Crippen LogP contribution in [0.4, 0.5) is 0 Å².